The molecule has 1 rings (SSSR count). The molecule has 1 atom stereocenters. The molecule has 0 amide bonds. The van der Waals surface area contributed by atoms with E-state index in [0.29, 0.717) is 17.9 Å². The zero-order chi connectivity index (χ0) is 12.1. The average Bonchev–Trinajstić information content (AvgIpc) is 2.29. The number of aliphatic hydroxyl groups excluding tert-OH is 1. The third kappa shape index (κ3) is 2.87. The number of hydrogen-bond acceptors (Lipinski definition) is 4. The van der Waals surface area contributed by atoms with Crippen LogP contribution in [0.15, 0.2) is 16.6 Å². The van der Waals surface area contributed by atoms with Crippen molar-refractivity contribution in [3.63, 3.8) is 0 Å². The molecule has 1 aromatic rings. The molecule has 4 nitrogen and oxygen atoms in total. The van der Waals surface area contributed by atoms with E-state index >= 15 is 0 Å². The number of aliphatic hydroxyl groups is 1. The maximum Gasteiger partial charge on any atom is 0.136 e. The molecule has 90 valence electrons. The summed E-state index contributed by atoms with van der Waals surface area (Å²) in [4.78, 5) is 0. The van der Waals surface area contributed by atoms with E-state index in [1.165, 1.54) is 0 Å². The molecule has 3 N–H and O–H groups in total. The van der Waals surface area contributed by atoms with Crippen molar-refractivity contribution in [2.75, 3.05) is 20.8 Å². The lowest BCUT2D eigenvalue weighted by molar-refractivity contribution is 0.275. The number of ether oxygens (including phenoxy) is 2. The van der Waals surface area contributed by atoms with Gasteiger partial charge in [0.05, 0.1) is 18.7 Å². The average molecular weight is 290 g/mol. The molecule has 16 heavy (non-hydrogen) atoms. The van der Waals surface area contributed by atoms with Gasteiger partial charge < -0.3 is 20.3 Å². The van der Waals surface area contributed by atoms with Crippen molar-refractivity contribution in [3.8, 4) is 11.5 Å². The smallest absolute Gasteiger partial charge is 0.136 e. The van der Waals surface area contributed by atoms with Crippen LogP contribution in [0.1, 0.15) is 18.0 Å². The topological polar surface area (TPSA) is 64.7 Å². The van der Waals surface area contributed by atoms with Crippen LogP contribution < -0.4 is 15.2 Å². The van der Waals surface area contributed by atoms with E-state index in [1.54, 1.807) is 20.3 Å². The van der Waals surface area contributed by atoms with Crippen LogP contribution in [0.3, 0.4) is 0 Å². The molecule has 0 saturated heterocycles. The summed E-state index contributed by atoms with van der Waals surface area (Å²) in [6.45, 7) is 0.0496. The largest absolute Gasteiger partial charge is 0.496 e. The summed E-state index contributed by atoms with van der Waals surface area (Å²) in [6, 6.07) is 3.39. The van der Waals surface area contributed by atoms with E-state index in [-0.39, 0.29) is 12.6 Å². The number of benzene rings is 1. The fourth-order valence-electron chi connectivity index (χ4n) is 1.47. The lowest BCUT2D eigenvalue weighted by Crippen LogP contribution is -2.13. The Morgan fingerprint density at radius 3 is 2.44 bits per heavy atom. The van der Waals surface area contributed by atoms with Crippen LogP contribution in [0.2, 0.25) is 0 Å². The third-order valence-corrected chi connectivity index (χ3v) is 2.96. The number of rotatable bonds is 5. The van der Waals surface area contributed by atoms with Gasteiger partial charge >= 0.3 is 0 Å². The fraction of sp³-hybridized carbons (Fsp3) is 0.455. The van der Waals surface area contributed by atoms with Gasteiger partial charge in [0.2, 0.25) is 0 Å². The molecule has 5 heteroatoms. The second kappa shape index (κ2) is 6.08. The molecule has 1 aromatic carbocycles. The molecule has 1 unspecified atom stereocenters. The maximum atomic E-state index is 8.87. The molecule has 0 aliphatic rings. The highest BCUT2D eigenvalue weighted by Gasteiger charge is 2.15. The molecule has 0 radical (unpaired) electrons. The number of nitrogens with two attached hydrogens (primary N) is 1. The first-order valence-electron chi connectivity index (χ1n) is 4.91. The van der Waals surface area contributed by atoms with E-state index in [2.05, 4.69) is 15.9 Å². The summed E-state index contributed by atoms with van der Waals surface area (Å²) in [5.41, 5.74) is 6.79. The Balaban J connectivity index is 3.12. The van der Waals surface area contributed by atoms with Gasteiger partial charge in [-0.3, -0.25) is 0 Å². The molecule has 0 aliphatic carbocycles. The highest BCUT2D eigenvalue weighted by molar-refractivity contribution is 9.10. The molecular formula is C11H16BrNO3. The minimum Gasteiger partial charge on any atom is -0.496 e. The third-order valence-electron chi connectivity index (χ3n) is 2.34. The lowest BCUT2D eigenvalue weighted by Gasteiger charge is -2.16. The van der Waals surface area contributed by atoms with E-state index in [9.17, 15) is 0 Å². The molecule has 0 bridgehead atoms. The monoisotopic (exact) mass is 289 g/mol. The van der Waals surface area contributed by atoms with Gasteiger partial charge in [0, 0.05) is 24.3 Å². The van der Waals surface area contributed by atoms with Crippen molar-refractivity contribution in [1.82, 2.24) is 0 Å². The van der Waals surface area contributed by atoms with Crippen LogP contribution in [0.5, 0.6) is 11.5 Å². The van der Waals surface area contributed by atoms with Crippen molar-refractivity contribution in [3.05, 3.63) is 22.2 Å². The molecule has 0 heterocycles. The van der Waals surface area contributed by atoms with Gasteiger partial charge in [0.25, 0.3) is 0 Å². The molecular weight excluding hydrogens is 274 g/mol. The number of hydrogen-bond donors (Lipinski definition) is 2. The Bertz CT molecular complexity index is 357. The number of halogens is 1. The van der Waals surface area contributed by atoms with Crippen molar-refractivity contribution in [1.29, 1.82) is 0 Å². The van der Waals surface area contributed by atoms with Crippen LogP contribution in [0.4, 0.5) is 0 Å². The van der Waals surface area contributed by atoms with Crippen LogP contribution in [0, 0.1) is 0 Å². The molecule has 0 aliphatic heterocycles. The van der Waals surface area contributed by atoms with Crippen LogP contribution >= 0.6 is 15.9 Å². The van der Waals surface area contributed by atoms with E-state index < -0.39 is 0 Å². The van der Waals surface area contributed by atoms with Gasteiger partial charge in [-0.05, 0) is 28.4 Å². The Kier molecular flexibility index (Phi) is 5.05. The standard InChI is InChI=1S/C11H16BrNO3/c1-15-10-6-11(16-2)8(12)5-7(10)9(13)3-4-14/h5-6,9,14H,3-4,13H2,1-2H3. The van der Waals surface area contributed by atoms with Crippen molar-refractivity contribution in [2.24, 2.45) is 5.73 Å². The van der Waals surface area contributed by atoms with E-state index in [1.807, 2.05) is 6.07 Å². The van der Waals surface area contributed by atoms with E-state index in [0.717, 1.165) is 10.0 Å². The second-order valence-corrected chi connectivity index (χ2v) is 4.20. The van der Waals surface area contributed by atoms with Gasteiger partial charge in [-0.2, -0.15) is 0 Å². The van der Waals surface area contributed by atoms with Crippen molar-refractivity contribution >= 4 is 15.9 Å². The Morgan fingerprint density at radius 1 is 1.31 bits per heavy atom. The van der Waals surface area contributed by atoms with Gasteiger partial charge in [-0.25, -0.2) is 0 Å². The predicted octanol–water partition coefficient (Wildman–Crippen LogP) is 1.85. The zero-order valence-electron chi connectivity index (χ0n) is 9.37. The maximum absolute atomic E-state index is 8.87. The summed E-state index contributed by atoms with van der Waals surface area (Å²) >= 11 is 3.39. The Hall–Kier alpha value is -0.780. The lowest BCUT2D eigenvalue weighted by atomic mass is 10.0. The Morgan fingerprint density at radius 2 is 1.94 bits per heavy atom. The van der Waals surface area contributed by atoms with Gasteiger partial charge in [0.1, 0.15) is 11.5 Å². The van der Waals surface area contributed by atoms with Crippen LogP contribution in [-0.2, 0) is 0 Å². The SMILES string of the molecule is COc1cc(OC)c(C(N)CCO)cc1Br. The summed E-state index contributed by atoms with van der Waals surface area (Å²) in [7, 11) is 3.17. The van der Waals surface area contributed by atoms with Gasteiger partial charge in [0.15, 0.2) is 0 Å². The summed E-state index contributed by atoms with van der Waals surface area (Å²) in [5.74, 6) is 1.36. The molecule has 0 aromatic heterocycles. The first-order chi connectivity index (χ1) is 7.63. The minimum absolute atomic E-state index is 0.0496. The van der Waals surface area contributed by atoms with E-state index in [4.69, 9.17) is 20.3 Å². The summed E-state index contributed by atoms with van der Waals surface area (Å²) < 4.78 is 11.2. The fourth-order valence-corrected chi connectivity index (χ4v) is 1.99. The second-order valence-electron chi connectivity index (χ2n) is 3.35. The van der Waals surface area contributed by atoms with Crippen molar-refractivity contribution < 1.29 is 14.6 Å². The quantitative estimate of drug-likeness (QED) is 0.868. The van der Waals surface area contributed by atoms with Crippen LogP contribution in [-0.4, -0.2) is 25.9 Å². The normalized spacial score (nSPS) is 12.3. The zero-order valence-corrected chi connectivity index (χ0v) is 11.0. The first-order valence-corrected chi connectivity index (χ1v) is 5.71. The van der Waals surface area contributed by atoms with Gasteiger partial charge in [-0.15, -0.1) is 0 Å². The van der Waals surface area contributed by atoms with Crippen LogP contribution in [0.25, 0.3) is 0 Å². The summed E-state index contributed by atoms with van der Waals surface area (Å²) in [5, 5.41) is 8.87. The highest BCUT2D eigenvalue weighted by atomic mass is 79.9. The van der Waals surface area contributed by atoms with Crippen molar-refractivity contribution in [2.45, 2.75) is 12.5 Å². The molecule has 0 saturated carbocycles. The summed E-state index contributed by atoms with van der Waals surface area (Å²) in [6.07, 6.45) is 0.495. The number of methoxy groups -OCH3 is 2. The molecule has 0 spiro atoms. The highest BCUT2D eigenvalue weighted by Crippen LogP contribution is 2.35. The first kappa shape index (κ1) is 13.3. The predicted molar refractivity (Wildman–Crippen MR) is 65.9 cm³/mol. The molecule has 0 fully saturated rings. The Labute approximate surface area is 103 Å². The van der Waals surface area contributed by atoms with Gasteiger partial charge in [-0.1, -0.05) is 0 Å². The minimum atomic E-state index is -0.248.